The molecule has 2 nitrogen and oxygen atoms in total. The first-order valence-corrected chi connectivity index (χ1v) is 6.53. The topological polar surface area (TPSA) is 20.3 Å². The molecule has 3 heteroatoms. The van der Waals surface area contributed by atoms with Crippen molar-refractivity contribution in [2.24, 2.45) is 0 Å². The van der Waals surface area contributed by atoms with Gasteiger partial charge in [-0.05, 0) is 31.5 Å². The second-order valence-corrected chi connectivity index (χ2v) is 5.14. The van der Waals surface area contributed by atoms with Gasteiger partial charge in [-0.2, -0.15) is 0 Å². The zero-order chi connectivity index (χ0) is 11.5. The van der Waals surface area contributed by atoms with Crippen molar-refractivity contribution in [3.8, 4) is 0 Å². The zero-order valence-electron chi connectivity index (χ0n) is 9.45. The summed E-state index contributed by atoms with van der Waals surface area (Å²) in [6, 6.07) is 8.28. The highest BCUT2D eigenvalue weighted by Crippen LogP contribution is 2.26. The minimum absolute atomic E-state index is 0.218. The highest BCUT2D eigenvalue weighted by molar-refractivity contribution is 9.10. The SMILES string of the molecule is CCN(CC(=O)c1cccc(Br)c1)C1CC1. The molecule has 0 aromatic heterocycles. The fourth-order valence-electron chi connectivity index (χ4n) is 1.88. The molecule has 1 aliphatic rings. The van der Waals surface area contributed by atoms with E-state index in [-0.39, 0.29) is 5.78 Å². The molecule has 0 N–H and O–H groups in total. The Morgan fingerprint density at radius 2 is 2.25 bits per heavy atom. The maximum absolute atomic E-state index is 12.0. The molecule has 1 aliphatic carbocycles. The molecule has 0 unspecified atom stereocenters. The standard InChI is InChI=1S/C13H16BrNO/c1-2-15(12-6-7-12)9-13(16)10-4-3-5-11(14)8-10/h3-5,8,12H,2,6-7,9H2,1H3. The number of carbonyl (C=O) groups is 1. The van der Waals surface area contributed by atoms with Crippen LogP contribution < -0.4 is 0 Å². The van der Waals surface area contributed by atoms with Gasteiger partial charge in [0.1, 0.15) is 0 Å². The number of halogens is 1. The fraction of sp³-hybridized carbons (Fsp3) is 0.462. The summed E-state index contributed by atoms with van der Waals surface area (Å²) in [5.74, 6) is 0.218. The van der Waals surface area contributed by atoms with Gasteiger partial charge in [-0.3, -0.25) is 9.69 Å². The van der Waals surface area contributed by atoms with E-state index in [1.165, 1.54) is 12.8 Å². The van der Waals surface area contributed by atoms with Gasteiger partial charge in [-0.1, -0.05) is 35.0 Å². The summed E-state index contributed by atoms with van der Waals surface area (Å²) < 4.78 is 0.966. The molecule has 0 bridgehead atoms. The van der Waals surface area contributed by atoms with Crippen molar-refractivity contribution in [3.05, 3.63) is 34.3 Å². The van der Waals surface area contributed by atoms with Crippen molar-refractivity contribution < 1.29 is 4.79 Å². The van der Waals surface area contributed by atoms with Gasteiger partial charge in [0.25, 0.3) is 0 Å². The van der Waals surface area contributed by atoms with Crippen molar-refractivity contribution in [2.75, 3.05) is 13.1 Å². The number of nitrogens with zero attached hydrogens (tertiary/aromatic N) is 1. The number of rotatable bonds is 5. The Hall–Kier alpha value is -0.670. The highest BCUT2D eigenvalue weighted by atomic mass is 79.9. The van der Waals surface area contributed by atoms with Crippen molar-refractivity contribution in [1.29, 1.82) is 0 Å². The van der Waals surface area contributed by atoms with E-state index in [0.717, 1.165) is 16.6 Å². The Kier molecular flexibility index (Phi) is 3.77. The Balaban J connectivity index is 2.01. The molecular formula is C13H16BrNO. The maximum Gasteiger partial charge on any atom is 0.176 e. The van der Waals surface area contributed by atoms with Crippen LogP contribution in [0.25, 0.3) is 0 Å². The third kappa shape index (κ3) is 2.92. The summed E-state index contributed by atoms with van der Waals surface area (Å²) in [5, 5.41) is 0. The van der Waals surface area contributed by atoms with Gasteiger partial charge < -0.3 is 0 Å². The minimum Gasteiger partial charge on any atom is -0.293 e. The normalized spacial score (nSPS) is 15.4. The number of carbonyl (C=O) groups excluding carboxylic acids is 1. The number of hydrogen-bond donors (Lipinski definition) is 0. The summed E-state index contributed by atoms with van der Waals surface area (Å²) in [5.41, 5.74) is 0.800. The predicted octanol–water partition coefficient (Wildman–Crippen LogP) is 3.12. The van der Waals surface area contributed by atoms with Crippen molar-refractivity contribution in [2.45, 2.75) is 25.8 Å². The largest absolute Gasteiger partial charge is 0.293 e. The number of Topliss-reactive ketones (excluding diaryl/α,β-unsaturated/α-hetero) is 1. The predicted molar refractivity (Wildman–Crippen MR) is 68.7 cm³/mol. The van der Waals surface area contributed by atoms with Gasteiger partial charge in [0.15, 0.2) is 5.78 Å². The van der Waals surface area contributed by atoms with Crippen LogP contribution in [0.1, 0.15) is 30.1 Å². The molecule has 1 aromatic rings. The lowest BCUT2D eigenvalue weighted by Crippen LogP contribution is -2.31. The Morgan fingerprint density at radius 3 is 2.81 bits per heavy atom. The first-order valence-electron chi connectivity index (χ1n) is 5.73. The molecule has 0 aliphatic heterocycles. The molecule has 1 aromatic carbocycles. The maximum atomic E-state index is 12.0. The molecule has 2 rings (SSSR count). The fourth-order valence-corrected chi connectivity index (χ4v) is 2.28. The van der Waals surface area contributed by atoms with Crippen LogP contribution >= 0.6 is 15.9 Å². The molecule has 0 radical (unpaired) electrons. The first kappa shape index (κ1) is 11.8. The lowest BCUT2D eigenvalue weighted by molar-refractivity contribution is 0.0928. The third-order valence-corrected chi connectivity index (χ3v) is 3.46. The number of ketones is 1. The molecule has 16 heavy (non-hydrogen) atoms. The van der Waals surface area contributed by atoms with Crippen LogP contribution in [0.2, 0.25) is 0 Å². The quantitative estimate of drug-likeness (QED) is 0.773. The molecule has 1 saturated carbocycles. The van der Waals surface area contributed by atoms with E-state index >= 15 is 0 Å². The second-order valence-electron chi connectivity index (χ2n) is 4.23. The van der Waals surface area contributed by atoms with Crippen LogP contribution in [0, 0.1) is 0 Å². The van der Waals surface area contributed by atoms with E-state index in [4.69, 9.17) is 0 Å². The molecule has 0 spiro atoms. The first-order chi connectivity index (χ1) is 7.70. The minimum atomic E-state index is 0.218. The van der Waals surface area contributed by atoms with E-state index in [0.29, 0.717) is 12.6 Å². The van der Waals surface area contributed by atoms with Gasteiger partial charge >= 0.3 is 0 Å². The van der Waals surface area contributed by atoms with E-state index < -0.39 is 0 Å². The Labute approximate surface area is 105 Å². The third-order valence-electron chi connectivity index (χ3n) is 2.96. The summed E-state index contributed by atoms with van der Waals surface area (Å²) >= 11 is 3.39. The highest BCUT2D eigenvalue weighted by Gasteiger charge is 2.29. The Bertz CT molecular complexity index is 387. The summed E-state index contributed by atoms with van der Waals surface area (Å²) in [6.45, 7) is 3.63. The second kappa shape index (κ2) is 5.11. The van der Waals surface area contributed by atoms with Crippen LogP contribution in [0.5, 0.6) is 0 Å². The number of likely N-dealkylation sites (N-methyl/N-ethyl adjacent to an activating group) is 1. The van der Waals surface area contributed by atoms with Crippen molar-refractivity contribution in [1.82, 2.24) is 4.90 Å². The van der Waals surface area contributed by atoms with Crippen LogP contribution in [0.3, 0.4) is 0 Å². The van der Waals surface area contributed by atoms with Crippen LogP contribution in [-0.4, -0.2) is 29.8 Å². The van der Waals surface area contributed by atoms with Crippen LogP contribution in [0.4, 0.5) is 0 Å². The molecule has 1 fully saturated rings. The molecular weight excluding hydrogens is 266 g/mol. The van der Waals surface area contributed by atoms with Gasteiger partial charge in [-0.25, -0.2) is 0 Å². The molecule has 86 valence electrons. The van der Waals surface area contributed by atoms with Gasteiger partial charge in [0, 0.05) is 16.1 Å². The molecule has 0 atom stereocenters. The lowest BCUT2D eigenvalue weighted by Gasteiger charge is -2.18. The average Bonchev–Trinajstić information content (AvgIpc) is 3.09. The zero-order valence-corrected chi connectivity index (χ0v) is 11.0. The number of benzene rings is 1. The van der Waals surface area contributed by atoms with Crippen molar-refractivity contribution >= 4 is 21.7 Å². The van der Waals surface area contributed by atoms with E-state index in [9.17, 15) is 4.79 Å². The molecule has 0 heterocycles. The lowest BCUT2D eigenvalue weighted by atomic mass is 10.1. The Morgan fingerprint density at radius 1 is 1.50 bits per heavy atom. The smallest absolute Gasteiger partial charge is 0.176 e. The van der Waals surface area contributed by atoms with Gasteiger partial charge in [-0.15, -0.1) is 0 Å². The molecule has 0 saturated heterocycles. The summed E-state index contributed by atoms with van der Waals surface area (Å²) in [4.78, 5) is 14.3. The van der Waals surface area contributed by atoms with Crippen LogP contribution in [-0.2, 0) is 0 Å². The van der Waals surface area contributed by atoms with Crippen molar-refractivity contribution in [3.63, 3.8) is 0 Å². The van der Waals surface area contributed by atoms with E-state index in [1.54, 1.807) is 0 Å². The number of hydrogen-bond acceptors (Lipinski definition) is 2. The average molecular weight is 282 g/mol. The van der Waals surface area contributed by atoms with Gasteiger partial charge in [0.2, 0.25) is 0 Å². The van der Waals surface area contributed by atoms with E-state index in [2.05, 4.69) is 27.8 Å². The summed E-state index contributed by atoms with van der Waals surface area (Å²) in [7, 11) is 0. The molecule has 0 amide bonds. The summed E-state index contributed by atoms with van der Waals surface area (Å²) in [6.07, 6.45) is 2.50. The van der Waals surface area contributed by atoms with E-state index in [1.807, 2.05) is 24.3 Å². The van der Waals surface area contributed by atoms with Gasteiger partial charge in [0.05, 0.1) is 6.54 Å². The monoisotopic (exact) mass is 281 g/mol. The van der Waals surface area contributed by atoms with Crippen LogP contribution in [0.15, 0.2) is 28.7 Å².